The molecule has 0 N–H and O–H groups in total. The van der Waals surface area contributed by atoms with Crippen LogP contribution in [-0.2, 0) is 17.5 Å². The van der Waals surface area contributed by atoms with E-state index in [4.69, 9.17) is 4.52 Å². The van der Waals surface area contributed by atoms with Crippen LogP contribution >= 0.6 is 0 Å². The van der Waals surface area contributed by atoms with E-state index in [2.05, 4.69) is 15.0 Å². The maximum atomic E-state index is 12.9. The van der Waals surface area contributed by atoms with Crippen molar-refractivity contribution < 1.29 is 22.5 Å². The van der Waals surface area contributed by atoms with Crippen LogP contribution in [0.15, 0.2) is 53.1 Å². The smallest absolute Gasteiger partial charge is 0.340 e. The highest BCUT2D eigenvalue weighted by Gasteiger charge is 2.46. The van der Waals surface area contributed by atoms with E-state index in [9.17, 15) is 18.0 Å². The van der Waals surface area contributed by atoms with Gasteiger partial charge < -0.3 is 9.42 Å². The van der Waals surface area contributed by atoms with E-state index in [0.717, 1.165) is 28.8 Å². The molecule has 1 saturated carbocycles. The molecule has 2 unspecified atom stereocenters. The van der Waals surface area contributed by atoms with Gasteiger partial charge in [0, 0.05) is 37.7 Å². The number of hydrogen-bond donors (Lipinski definition) is 0. The molecule has 2 heterocycles. The molecule has 0 spiro atoms. The minimum absolute atomic E-state index is 0.00593. The van der Waals surface area contributed by atoms with Crippen molar-refractivity contribution in [3.63, 3.8) is 0 Å². The molecule has 0 bridgehead atoms. The number of amides is 1. The number of benzene rings is 2. The molecule has 34 heavy (non-hydrogen) atoms. The van der Waals surface area contributed by atoms with Gasteiger partial charge in [0.1, 0.15) is 0 Å². The molecule has 9 heteroatoms. The number of rotatable bonds is 5. The number of carbonyl (C=O) groups excluding carboxylic acids is 1. The average Bonchev–Trinajstić information content (AvgIpc) is 3.50. The van der Waals surface area contributed by atoms with Crippen LogP contribution in [0.1, 0.15) is 34.9 Å². The first kappa shape index (κ1) is 22.6. The van der Waals surface area contributed by atoms with Gasteiger partial charge >= 0.3 is 6.18 Å². The molecule has 1 aliphatic carbocycles. The molecule has 2 atom stereocenters. The Labute approximate surface area is 195 Å². The van der Waals surface area contributed by atoms with E-state index in [-0.39, 0.29) is 17.7 Å². The number of nitrogens with zero attached hydrogens (tertiary/aromatic N) is 4. The number of aryl methyl sites for hydroxylation is 1. The lowest BCUT2D eigenvalue weighted by Gasteiger charge is -2.34. The van der Waals surface area contributed by atoms with Gasteiger partial charge in [-0.3, -0.25) is 9.69 Å². The predicted molar refractivity (Wildman–Crippen MR) is 119 cm³/mol. The van der Waals surface area contributed by atoms with Crippen LogP contribution in [-0.4, -0.2) is 52.0 Å². The van der Waals surface area contributed by atoms with E-state index in [1.165, 1.54) is 12.1 Å². The Hall–Kier alpha value is -3.20. The van der Waals surface area contributed by atoms with Crippen molar-refractivity contribution in [1.82, 2.24) is 19.9 Å². The van der Waals surface area contributed by atoms with Gasteiger partial charge in [-0.25, -0.2) is 0 Å². The Kier molecular flexibility index (Phi) is 5.89. The minimum Gasteiger partial charge on any atom is -0.340 e. The quantitative estimate of drug-likeness (QED) is 0.549. The van der Waals surface area contributed by atoms with Gasteiger partial charge in [0.2, 0.25) is 17.6 Å². The van der Waals surface area contributed by atoms with Crippen LogP contribution in [0.4, 0.5) is 13.2 Å². The van der Waals surface area contributed by atoms with Gasteiger partial charge in [-0.15, -0.1) is 0 Å². The lowest BCUT2D eigenvalue weighted by atomic mass is 10.1. The summed E-state index contributed by atoms with van der Waals surface area (Å²) in [6.45, 7) is 5.16. The third kappa shape index (κ3) is 4.84. The topological polar surface area (TPSA) is 62.5 Å². The van der Waals surface area contributed by atoms with E-state index < -0.39 is 11.7 Å². The van der Waals surface area contributed by atoms with Gasteiger partial charge in [0.25, 0.3) is 0 Å². The average molecular weight is 470 g/mol. The Bertz CT molecular complexity index is 1150. The van der Waals surface area contributed by atoms with Gasteiger partial charge in [0.05, 0.1) is 12.1 Å². The first-order valence-corrected chi connectivity index (χ1v) is 11.4. The van der Waals surface area contributed by atoms with Crippen LogP contribution in [0.5, 0.6) is 0 Å². The van der Waals surface area contributed by atoms with Gasteiger partial charge in [-0.2, -0.15) is 18.2 Å². The lowest BCUT2D eigenvalue weighted by Crippen LogP contribution is -2.48. The molecule has 2 aliphatic rings. The summed E-state index contributed by atoms with van der Waals surface area (Å²) in [5.74, 6) is 1.05. The van der Waals surface area contributed by atoms with Crippen molar-refractivity contribution in [3.05, 3.63) is 71.1 Å². The summed E-state index contributed by atoms with van der Waals surface area (Å²) in [6, 6.07) is 13.1. The molecule has 5 rings (SSSR count). The zero-order valence-corrected chi connectivity index (χ0v) is 18.8. The molecule has 2 aromatic carbocycles. The van der Waals surface area contributed by atoms with Crippen molar-refractivity contribution in [2.45, 2.75) is 32.0 Å². The Morgan fingerprint density at radius 3 is 2.35 bits per heavy atom. The fourth-order valence-corrected chi connectivity index (χ4v) is 4.45. The number of halogens is 3. The van der Waals surface area contributed by atoms with Crippen LogP contribution in [0.25, 0.3) is 11.4 Å². The molecular weight excluding hydrogens is 445 g/mol. The predicted octanol–water partition coefficient (Wildman–Crippen LogP) is 4.51. The van der Waals surface area contributed by atoms with Gasteiger partial charge in [-0.05, 0) is 37.0 Å². The van der Waals surface area contributed by atoms with Crippen molar-refractivity contribution >= 4 is 5.91 Å². The van der Waals surface area contributed by atoms with Crippen LogP contribution < -0.4 is 0 Å². The monoisotopic (exact) mass is 470 g/mol. The summed E-state index contributed by atoms with van der Waals surface area (Å²) in [5.41, 5.74) is 2.20. The largest absolute Gasteiger partial charge is 0.416 e. The first-order chi connectivity index (χ1) is 16.3. The highest BCUT2D eigenvalue weighted by Crippen LogP contribution is 2.49. The second-order valence-corrected chi connectivity index (χ2v) is 9.05. The van der Waals surface area contributed by atoms with E-state index in [1.807, 2.05) is 36.1 Å². The fraction of sp³-hybridized carbons (Fsp3) is 0.400. The maximum absolute atomic E-state index is 12.9. The number of carbonyl (C=O) groups is 1. The maximum Gasteiger partial charge on any atom is 0.416 e. The SMILES string of the molecule is Cc1ccc(-c2noc(CN3CCN(C(=O)C4CC4c4ccc(C(F)(F)F)cc4)CC3)n2)cc1. The molecule has 1 amide bonds. The molecule has 1 saturated heterocycles. The zero-order chi connectivity index (χ0) is 23.9. The van der Waals surface area contributed by atoms with Crippen molar-refractivity contribution in [3.8, 4) is 11.4 Å². The summed E-state index contributed by atoms with van der Waals surface area (Å²) in [7, 11) is 0. The Morgan fingerprint density at radius 1 is 1.03 bits per heavy atom. The standard InChI is InChI=1S/C25H25F3N4O2/c1-16-2-4-18(5-3-16)23-29-22(34-30-23)15-31-10-12-32(13-11-31)24(33)21-14-20(21)17-6-8-19(9-7-17)25(26,27)28/h2-9,20-21H,10-15H2,1H3. The van der Waals surface area contributed by atoms with E-state index >= 15 is 0 Å². The molecule has 1 aliphatic heterocycles. The summed E-state index contributed by atoms with van der Waals surface area (Å²) in [5, 5.41) is 4.07. The summed E-state index contributed by atoms with van der Waals surface area (Å²) < 4.78 is 43.7. The minimum atomic E-state index is -4.35. The summed E-state index contributed by atoms with van der Waals surface area (Å²) in [4.78, 5) is 21.4. The van der Waals surface area contributed by atoms with Crippen LogP contribution in [0, 0.1) is 12.8 Å². The summed E-state index contributed by atoms with van der Waals surface area (Å²) >= 11 is 0. The summed E-state index contributed by atoms with van der Waals surface area (Å²) in [6.07, 6.45) is -3.66. The Morgan fingerprint density at radius 2 is 1.71 bits per heavy atom. The van der Waals surface area contributed by atoms with Crippen molar-refractivity contribution in [1.29, 1.82) is 0 Å². The number of alkyl halides is 3. The zero-order valence-electron chi connectivity index (χ0n) is 18.8. The lowest BCUT2D eigenvalue weighted by molar-refractivity contribution is -0.137. The second-order valence-electron chi connectivity index (χ2n) is 9.05. The van der Waals surface area contributed by atoms with E-state index in [1.54, 1.807) is 0 Å². The molecule has 6 nitrogen and oxygen atoms in total. The molecule has 3 aromatic rings. The molecule has 1 aromatic heterocycles. The fourth-order valence-electron chi connectivity index (χ4n) is 4.45. The first-order valence-electron chi connectivity index (χ1n) is 11.4. The van der Waals surface area contributed by atoms with Crippen LogP contribution in [0.3, 0.4) is 0 Å². The number of piperazine rings is 1. The molecular formula is C25H25F3N4O2. The van der Waals surface area contributed by atoms with Crippen molar-refractivity contribution in [2.24, 2.45) is 5.92 Å². The molecule has 0 radical (unpaired) electrons. The Balaban J connectivity index is 1.11. The highest BCUT2D eigenvalue weighted by atomic mass is 19.4. The van der Waals surface area contributed by atoms with E-state index in [0.29, 0.717) is 50.9 Å². The van der Waals surface area contributed by atoms with Gasteiger partial charge in [0.15, 0.2) is 0 Å². The van der Waals surface area contributed by atoms with Crippen LogP contribution in [0.2, 0.25) is 0 Å². The molecule has 2 fully saturated rings. The van der Waals surface area contributed by atoms with Crippen molar-refractivity contribution in [2.75, 3.05) is 26.2 Å². The normalized spacial score (nSPS) is 21.0. The number of hydrogen-bond acceptors (Lipinski definition) is 5. The third-order valence-corrected chi connectivity index (χ3v) is 6.59. The van der Waals surface area contributed by atoms with Gasteiger partial charge in [-0.1, -0.05) is 47.1 Å². The molecule has 178 valence electrons. The third-order valence-electron chi connectivity index (χ3n) is 6.59. The second kappa shape index (κ2) is 8.87. The highest BCUT2D eigenvalue weighted by molar-refractivity contribution is 5.83. The number of aromatic nitrogens is 2.